The number of nitrogens with zero attached hydrogens (tertiary/aromatic N) is 2. The van der Waals surface area contributed by atoms with Crippen molar-refractivity contribution in [2.45, 2.75) is 13.3 Å². The minimum Gasteiger partial charge on any atom is -0.480 e. The predicted molar refractivity (Wildman–Crippen MR) is 62.2 cm³/mol. The van der Waals surface area contributed by atoms with Gasteiger partial charge in [0.25, 0.3) is 0 Å². The summed E-state index contributed by atoms with van der Waals surface area (Å²) < 4.78 is 0. The van der Waals surface area contributed by atoms with E-state index >= 15 is 0 Å². The fraction of sp³-hybridized carbons (Fsp3) is 0.545. The molecule has 0 saturated carbocycles. The van der Waals surface area contributed by atoms with Crippen LogP contribution in [0.5, 0.6) is 0 Å². The summed E-state index contributed by atoms with van der Waals surface area (Å²) >= 11 is 0. The molecule has 0 aromatic heterocycles. The van der Waals surface area contributed by atoms with E-state index in [1.165, 1.54) is 4.90 Å². The fourth-order valence-electron chi connectivity index (χ4n) is 1.79. The van der Waals surface area contributed by atoms with Gasteiger partial charge in [-0.25, -0.2) is 4.79 Å². The summed E-state index contributed by atoms with van der Waals surface area (Å²) in [6, 6.07) is -0.549. The molecule has 0 aliphatic carbocycles. The highest BCUT2D eigenvalue weighted by atomic mass is 16.4. The van der Waals surface area contributed by atoms with Gasteiger partial charge in [0.1, 0.15) is 13.1 Å². The second kappa shape index (κ2) is 6.04. The van der Waals surface area contributed by atoms with E-state index in [-0.39, 0.29) is 0 Å². The van der Waals surface area contributed by atoms with E-state index in [9.17, 15) is 14.4 Å². The number of aliphatic carboxylic acids is 2. The zero-order chi connectivity index (χ0) is 13.7. The number of hydrogen-bond acceptors (Lipinski definition) is 3. The van der Waals surface area contributed by atoms with Gasteiger partial charge in [-0.1, -0.05) is 11.6 Å². The first-order valence-electron chi connectivity index (χ1n) is 5.53. The molecular formula is C11H16N2O5. The average Bonchev–Trinajstić information content (AvgIpc) is 2.26. The second-order valence-electron chi connectivity index (χ2n) is 4.19. The molecule has 18 heavy (non-hydrogen) atoms. The standard InChI is InChI=1S/C11H16N2O5/c1-8-3-2-4-12(5-8)11(18)13(6-9(14)15)7-10(16)17/h3H,2,4-7H2,1H3,(H,14,15)(H,16,17). The number of rotatable bonds is 4. The van der Waals surface area contributed by atoms with Crippen LogP contribution in [0, 0.1) is 0 Å². The first kappa shape index (κ1) is 14.0. The molecule has 0 unspecified atom stereocenters. The number of carboxylic acid groups (broad SMARTS) is 2. The second-order valence-corrected chi connectivity index (χ2v) is 4.19. The van der Waals surface area contributed by atoms with Crippen molar-refractivity contribution in [3.8, 4) is 0 Å². The molecule has 0 bridgehead atoms. The molecule has 1 aliphatic rings. The maximum Gasteiger partial charge on any atom is 0.323 e. The van der Waals surface area contributed by atoms with Crippen molar-refractivity contribution in [1.29, 1.82) is 0 Å². The maximum atomic E-state index is 12.0. The molecule has 1 rings (SSSR count). The lowest BCUT2D eigenvalue weighted by Crippen LogP contribution is -2.48. The smallest absolute Gasteiger partial charge is 0.323 e. The van der Waals surface area contributed by atoms with Gasteiger partial charge in [-0.3, -0.25) is 9.59 Å². The van der Waals surface area contributed by atoms with Gasteiger partial charge in [-0.05, 0) is 13.3 Å². The van der Waals surface area contributed by atoms with Crippen molar-refractivity contribution < 1.29 is 24.6 Å². The van der Waals surface area contributed by atoms with Crippen molar-refractivity contribution in [3.63, 3.8) is 0 Å². The van der Waals surface area contributed by atoms with Crippen LogP contribution in [0.1, 0.15) is 13.3 Å². The van der Waals surface area contributed by atoms with Crippen LogP contribution in [-0.4, -0.2) is 64.2 Å². The van der Waals surface area contributed by atoms with E-state index in [0.717, 1.165) is 10.5 Å². The van der Waals surface area contributed by atoms with E-state index in [2.05, 4.69) is 0 Å². The van der Waals surface area contributed by atoms with E-state index in [1.807, 2.05) is 13.0 Å². The van der Waals surface area contributed by atoms with Crippen LogP contribution in [0.25, 0.3) is 0 Å². The summed E-state index contributed by atoms with van der Waals surface area (Å²) in [6.45, 7) is 1.55. The summed E-state index contributed by atoms with van der Waals surface area (Å²) in [5.41, 5.74) is 1.01. The van der Waals surface area contributed by atoms with Gasteiger partial charge in [0.05, 0.1) is 0 Å². The highest BCUT2D eigenvalue weighted by Gasteiger charge is 2.25. The summed E-state index contributed by atoms with van der Waals surface area (Å²) in [6.07, 6.45) is 2.70. The van der Waals surface area contributed by atoms with Crippen LogP contribution < -0.4 is 0 Å². The molecule has 7 heteroatoms. The Labute approximate surface area is 104 Å². The maximum absolute atomic E-state index is 12.0. The third kappa shape index (κ3) is 4.08. The lowest BCUT2D eigenvalue weighted by atomic mass is 10.1. The fourth-order valence-corrected chi connectivity index (χ4v) is 1.79. The highest BCUT2D eigenvalue weighted by molar-refractivity contribution is 5.84. The van der Waals surface area contributed by atoms with Crippen molar-refractivity contribution >= 4 is 18.0 Å². The predicted octanol–water partition coefficient (Wildman–Crippen LogP) is 0.230. The van der Waals surface area contributed by atoms with Crippen LogP contribution >= 0.6 is 0 Å². The first-order chi connectivity index (χ1) is 8.40. The molecule has 0 fully saturated rings. The molecule has 0 aromatic rings. The molecule has 0 aromatic carbocycles. The van der Waals surface area contributed by atoms with Gasteiger partial charge in [-0.2, -0.15) is 0 Å². The Bertz CT molecular complexity index is 375. The van der Waals surface area contributed by atoms with Gasteiger partial charge in [0.15, 0.2) is 0 Å². The number of carbonyl (C=O) groups is 3. The number of urea groups is 1. The van der Waals surface area contributed by atoms with Crippen LogP contribution in [0.3, 0.4) is 0 Å². The van der Waals surface area contributed by atoms with Crippen LogP contribution in [0.4, 0.5) is 4.79 Å². The molecule has 2 amide bonds. The quantitative estimate of drug-likeness (QED) is 0.701. The SMILES string of the molecule is CC1=CCCN(C(=O)N(CC(=O)O)CC(=O)O)C1. The van der Waals surface area contributed by atoms with E-state index in [4.69, 9.17) is 10.2 Å². The van der Waals surface area contributed by atoms with E-state index in [0.29, 0.717) is 19.5 Å². The minimum absolute atomic E-state index is 0.411. The largest absolute Gasteiger partial charge is 0.480 e. The molecular weight excluding hydrogens is 240 g/mol. The van der Waals surface area contributed by atoms with Gasteiger partial charge in [0.2, 0.25) is 0 Å². The monoisotopic (exact) mass is 256 g/mol. The molecule has 0 radical (unpaired) electrons. The Kier molecular flexibility index (Phi) is 4.70. The molecule has 1 heterocycles. The minimum atomic E-state index is -1.23. The third-order valence-corrected chi connectivity index (χ3v) is 2.53. The molecule has 2 N–H and O–H groups in total. The average molecular weight is 256 g/mol. The Morgan fingerprint density at radius 1 is 1.28 bits per heavy atom. The summed E-state index contributed by atoms with van der Waals surface area (Å²) in [4.78, 5) is 35.5. The van der Waals surface area contributed by atoms with Gasteiger partial charge in [-0.15, -0.1) is 0 Å². The number of carboxylic acids is 2. The van der Waals surface area contributed by atoms with Crippen molar-refractivity contribution in [1.82, 2.24) is 9.80 Å². The van der Waals surface area contributed by atoms with Crippen LogP contribution in [-0.2, 0) is 9.59 Å². The zero-order valence-corrected chi connectivity index (χ0v) is 10.1. The Balaban J connectivity index is 2.71. The lowest BCUT2D eigenvalue weighted by Gasteiger charge is -2.31. The van der Waals surface area contributed by atoms with E-state index < -0.39 is 31.1 Å². The Hall–Kier alpha value is -2.05. The summed E-state index contributed by atoms with van der Waals surface area (Å²) in [5.74, 6) is -2.46. The number of carbonyl (C=O) groups excluding carboxylic acids is 1. The Morgan fingerprint density at radius 2 is 1.83 bits per heavy atom. The number of hydrogen-bond donors (Lipinski definition) is 2. The van der Waals surface area contributed by atoms with Crippen LogP contribution in [0.2, 0.25) is 0 Å². The van der Waals surface area contributed by atoms with Crippen molar-refractivity contribution in [3.05, 3.63) is 11.6 Å². The highest BCUT2D eigenvalue weighted by Crippen LogP contribution is 2.11. The summed E-state index contributed by atoms with van der Waals surface area (Å²) in [7, 11) is 0. The summed E-state index contributed by atoms with van der Waals surface area (Å²) in [5, 5.41) is 17.4. The number of amides is 2. The van der Waals surface area contributed by atoms with Crippen molar-refractivity contribution in [2.75, 3.05) is 26.2 Å². The molecule has 0 saturated heterocycles. The molecule has 7 nitrogen and oxygen atoms in total. The third-order valence-electron chi connectivity index (χ3n) is 2.53. The first-order valence-corrected chi connectivity index (χ1v) is 5.53. The topological polar surface area (TPSA) is 98.2 Å². The molecule has 1 aliphatic heterocycles. The van der Waals surface area contributed by atoms with Crippen LogP contribution in [0.15, 0.2) is 11.6 Å². The normalized spacial score (nSPS) is 14.9. The molecule has 0 atom stereocenters. The van der Waals surface area contributed by atoms with Gasteiger partial charge < -0.3 is 20.0 Å². The van der Waals surface area contributed by atoms with Crippen molar-refractivity contribution in [2.24, 2.45) is 0 Å². The van der Waals surface area contributed by atoms with E-state index in [1.54, 1.807) is 0 Å². The molecule has 0 spiro atoms. The lowest BCUT2D eigenvalue weighted by molar-refractivity contribution is -0.140. The molecule has 100 valence electrons. The van der Waals surface area contributed by atoms with Gasteiger partial charge in [0, 0.05) is 13.1 Å². The Morgan fingerprint density at radius 3 is 2.28 bits per heavy atom. The van der Waals surface area contributed by atoms with Gasteiger partial charge >= 0.3 is 18.0 Å². The zero-order valence-electron chi connectivity index (χ0n) is 10.1.